The Labute approximate surface area is 285 Å². The second-order valence-corrected chi connectivity index (χ2v) is 15.1. The summed E-state index contributed by atoms with van der Waals surface area (Å²) in [5, 5.41) is 11.9. The van der Waals surface area contributed by atoms with E-state index in [1.54, 1.807) is 18.9 Å². The molecule has 3 fully saturated rings. The summed E-state index contributed by atoms with van der Waals surface area (Å²) in [5.41, 5.74) is -1.27. The number of fused-ring (bicyclic) bond motifs is 1. The van der Waals surface area contributed by atoms with Crippen molar-refractivity contribution in [3.63, 3.8) is 0 Å². The number of rotatable bonds is 6. The zero-order chi connectivity index (χ0) is 35.9. The highest BCUT2D eigenvalue weighted by Crippen LogP contribution is 2.44. The second kappa shape index (κ2) is 14.9. The number of carbonyl (C=O) groups excluding carboxylic acids is 3. The molecule has 0 aromatic carbocycles. The van der Waals surface area contributed by atoms with E-state index in [0.717, 1.165) is 5.71 Å². The third-order valence-electron chi connectivity index (χ3n) is 11.3. The molecule has 0 unspecified atom stereocenters. The van der Waals surface area contributed by atoms with Crippen LogP contribution < -0.4 is 0 Å². The van der Waals surface area contributed by atoms with Crippen LogP contribution in [0.1, 0.15) is 81.6 Å². The number of aliphatic hydroxyl groups is 1. The number of nitrogens with zero attached hydrogens (tertiary/aromatic N) is 3. The number of ether oxygens (including phenoxy) is 6. The van der Waals surface area contributed by atoms with Crippen molar-refractivity contribution in [2.24, 2.45) is 28.7 Å². The lowest BCUT2D eigenvalue weighted by molar-refractivity contribution is -0.303. The lowest BCUT2D eigenvalue weighted by Crippen LogP contribution is -2.61. The SMILES string of the molecule is CC[C@@H]1OC(=O)[C@H](C)[C@@H](O)[C@H](C)[C@H](O[C@@H]2O[C@H](C)C[C@H](N(C)C)[C@H]2OC(C)=O)[C@](C)(OC)C[C@@H](C)C2=NCCN3C(=O)O[C@@]1(C)[C@H]3[C@H]2C. The number of amides is 1. The molecule has 0 spiro atoms. The fourth-order valence-corrected chi connectivity index (χ4v) is 8.76. The van der Waals surface area contributed by atoms with Crippen LogP contribution >= 0.6 is 0 Å². The van der Waals surface area contributed by atoms with Crippen LogP contribution in [0.15, 0.2) is 4.99 Å². The molecule has 13 heteroatoms. The van der Waals surface area contributed by atoms with E-state index in [1.165, 1.54) is 6.92 Å². The van der Waals surface area contributed by atoms with E-state index in [1.807, 2.05) is 53.6 Å². The molecule has 274 valence electrons. The molecule has 1 N–H and O–H groups in total. The first-order chi connectivity index (χ1) is 22.4. The first-order valence-corrected chi connectivity index (χ1v) is 17.5. The molecule has 0 aromatic rings. The minimum atomic E-state index is -1.22. The Morgan fingerprint density at radius 3 is 2.38 bits per heavy atom. The Bertz CT molecular complexity index is 1210. The normalized spacial score (nSPS) is 44.3. The van der Waals surface area contributed by atoms with Gasteiger partial charge in [-0.15, -0.1) is 0 Å². The topological polar surface area (TPSA) is 146 Å². The van der Waals surface area contributed by atoms with Gasteiger partial charge in [0.15, 0.2) is 18.0 Å². The van der Waals surface area contributed by atoms with Gasteiger partial charge in [-0.05, 0) is 67.0 Å². The summed E-state index contributed by atoms with van der Waals surface area (Å²) < 4.78 is 37.6. The zero-order valence-electron chi connectivity index (χ0n) is 30.9. The van der Waals surface area contributed by atoms with Gasteiger partial charge in [0.25, 0.3) is 0 Å². The minimum Gasteiger partial charge on any atom is -0.458 e. The van der Waals surface area contributed by atoms with Gasteiger partial charge in [0.05, 0.1) is 48.5 Å². The van der Waals surface area contributed by atoms with E-state index < -0.39 is 77.8 Å². The summed E-state index contributed by atoms with van der Waals surface area (Å²) in [6.07, 6.45) is -3.76. The standard InChI is InChI=1S/C35H59N3O10/c1-13-25-35(9)29-20(4)26(36-14-15-38(29)33(42)48-35)18(2)17-34(8,43-12)30(21(5)27(40)22(6)31(41)46-25)47-32-28(45-23(7)39)24(37(10)11)16-19(3)44-32/h18-22,24-25,27-30,32,40H,13-17H2,1-12H3/t18-,19-,20+,21+,22-,24+,25+,27+,28-,29-,30+,32+,34-,35-/m1/s1. The first kappa shape index (κ1) is 38.5. The predicted octanol–water partition coefficient (Wildman–Crippen LogP) is 3.44. The van der Waals surface area contributed by atoms with Crippen molar-refractivity contribution in [1.82, 2.24) is 9.80 Å². The van der Waals surface area contributed by atoms with Crippen LogP contribution in [0.3, 0.4) is 0 Å². The molecule has 2 bridgehead atoms. The quantitative estimate of drug-likeness (QED) is 0.325. The average molecular weight is 682 g/mol. The number of hydrogen-bond acceptors (Lipinski definition) is 12. The van der Waals surface area contributed by atoms with Gasteiger partial charge in [0, 0.05) is 38.1 Å². The number of likely N-dealkylation sites (N-methyl/N-ethyl adjacent to an activating group) is 1. The smallest absolute Gasteiger partial charge is 0.410 e. The van der Waals surface area contributed by atoms with Gasteiger partial charge in [-0.2, -0.15) is 0 Å². The Balaban J connectivity index is 1.82. The highest BCUT2D eigenvalue weighted by Gasteiger charge is 2.60. The molecule has 14 atom stereocenters. The van der Waals surface area contributed by atoms with Crippen molar-refractivity contribution in [1.29, 1.82) is 0 Å². The predicted molar refractivity (Wildman–Crippen MR) is 177 cm³/mol. The van der Waals surface area contributed by atoms with E-state index in [-0.39, 0.29) is 24.0 Å². The van der Waals surface area contributed by atoms with Crippen LogP contribution in [0.5, 0.6) is 0 Å². The molecular formula is C35H59N3O10. The zero-order valence-corrected chi connectivity index (χ0v) is 30.9. The summed E-state index contributed by atoms with van der Waals surface area (Å²) in [4.78, 5) is 48.2. The molecule has 4 aliphatic heterocycles. The van der Waals surface area contributed by atoms with Crippen molar-refractivity contribution in [2.45, 2.75) is 142 Å². The monoisotopic (exact) mass is 681 g/mol. The second-order valence-electron chi connectivity index (χ2n) is 15.1. The lowest BCUT2D eigenvalue weighted by atomic mass is 9.73. The van der Waals surface area contributed by atoms with Crippen LogP contribution in [0.2, 0.25) is 0 Å². The van der Waals surface area contributed by atoms with Gasteiger partial charge in [0.2, 0.25) is 0 Å². The summed E-state index contributed by atoms with van der Waals surface area (Å²) in [6, 6.07) is -0.622. The summed E-state index contributed by atoms with van der Waals surface area (Å²) in [7, 11) is 5.45. The summed E-state index contributed by atoms with van der Waals surface area (Å²) >= 11 is 0. The number of methoxy groups -OCH3 is 1. The first-order valence-electron chi connectivity index (χ1n) is 17.5. The third kappa shape index (κ3) is 7.26. The number of aliphatic imine (C=N–C) groups is 1. The maximum atomic E-state index is 13.8. The van der Waals surface area contributed by atoms with Crippen LogP contribution in [-0.4, -0.2) is 133 Å². The van der Waals surface area contributed by atoms with Gasteiger partial charge < -0.3 is 38.4 Å². The van der Waals surface area contributed by atoms with Crippen LogP contribution in [0.4, 0.5) is 4.79 Å². The van der Waals surface area contributed by atoms with Crippen molar-refractivity contribution in [2.75, 3.05) is 34.3 Å². The Morgan fingerprint density at radius 2 is 1.79 bits per heavy atom. The van der Waals surface area contributed by atoms with Gasteiger partial charge >= 0.3 is 18.0 Å². The average Bonchev–Trinajstić information content (AvgIpc) is 3.14. The van der Waals surface area contributed by atoms with Gasteiger partial charge in [-0.3, -0.25) is 19.5 Å². The fraction of sp³-hybridized carbons (Fsp3) is 0.886. The summed E-state index contributed by atoms with van der Waals surface area (Å²) in [6.45, 7) is 17.3. The maximum Gasteiger partial charge on any atom is 0.410 e. The molecule has 4 heterocycles. The number of esters is 2. The number of hydrogen-bond donors (Lipinski definition) is 1. The van der Waals surface area contributed by atoms with Crippen molar-refractivity contribution >= 4 is 23.7 Å². The van der Waals surface area contributed by atoms with Gasteiger partial charge in [0.1, 0.15) is 6.10 Å². The molecule has 4 rings (SSSR count). The lowest BCUT2D eigenvalue weighted by Gasteiger charge is -2.49. The Kier molecular flexibility index (Phi) is 11.9. The van der Waals surface area contributed by atoms with Gasteiger partial charge in [-0.1, -0.05) is 27.7 Å². The van der Waals surface area contributed by atoms with E-state index in [0.29, 0.717) is 32.4 Å². The Morgan fingerprint density at radius 1 is 1.12 bits per heavy atom. The van der Waals surface area contributed by atoms with E-state index in [9.17, 15) is 19.5 Å². The molecule has 0 aliphatic carbocycles. The maximum absolute atomic E-state index is 13.8. The third-order valence-corrected chi connectivity index (χ3v) is 11.3. The fourth-order valence-electron chi connectivity index (χ4n) is 8.76. The van der Waals surface area contributed by atoms with Gasteiger partial charge in [-0.25, -0.2) is 4.79 Å². The summed E-state index contributed by atoms with van der Waals surface area (Å²) in [5.74, 6) is -3.09. The molecule has 0 saturated carbocycles. The van der Waals surface area contributed by atoms with Crippen molar-refractivity contribution in [3.8, 4) is 0 Å². The molecule has 0 radical (unpaired) electrons. The van der Waals surface area contributed by atoms with E-state index in [2.05, 4.69) is 13.8 Å². The molecule has 4 aliphatic rings. The van der Waals surface area contributed by atoms with E-state index in [4.69, 9.17) is 33.4 Å². The Hall–Kier alpha value is -2.32. The molecule has 3 saturated heterocycles. The molecule has 1 amide bonds. The molecule has 0 aromatic heterocycles. The number of cyclic esters (lactones) is 1. The molecular weight excluding hydrogens is 622 g/mol. The molecule has 13 nitrogen and oxygen atoms in total. The molecule has 48 heavy (non-hydrogen) atoms. The van der Waals surface area contributed by atoms with E-state index >= 15 is 0 Å². The van der Waals surface area contributed by atoms with Crippen LogP contribution in [0, 0.1) is 23.7 Å². The number of carbonyl (C=O) groups is 3. The van der Waals surface area contributed by atoms with Crippen LogP contribution in [0.25, 0.3) is 0 Å². The number of aliphatic hydroxyl groups excluding tert-OH is 1. The van der Waals surface area contributed by atoms with Crippen molar-refractivity contribution < 1.29 is 47.9 Å². The highest BCUT2D eigenvalue weighted by molar-refractivity contribution is 5.91. The minimum absolute atomic E-state index is 0.145. The largest absolute Gasteiger partial charge is 0.458 e. The van der Waals surface area contributed by atoms with Crippen LogP contribution in [-0.2, 0) is 38.0 Å². The highest BCUT2D eigenvalue weighted by atomic mass is 16.7. The van der Waals surface area contributed by atoms with Crippen molar-refractivity contribution in [3.05, 3.63) is 0 Å².